The standard InChI is InChI=1S/C13H19NO/c1-3-11(10-14)9-12-7-5-6-8-13(12)15-4-2/h5-9H,3-4,10,14H2,1-2H3. The van der Waals surface area contributed by atoms with Gasteiger partial charge in [-0.1, -0.05) is 36.8 Å². The molecule has 0 radical (unpaired) electrons. The number of benzene rings is 1. The van der Waals surface area contributed by atoms with E-state index >= 15 is 0 Å². The molecule has 0 saturated carbocycles. The van der Waals surface area contributed by atoms with Crippen molar-refractivity contribution in [1.29, 1.82) is 0 Å². The fraction of sp³-hybridized carbons (Fsp3) is 0.385. The van der Waals surface area contributed by atoms with Crippen molar-refractivity contribution in [3.05, 3.63) is 35.4 Å². The van der Waals surface area contributed by atoms with Gasteiger partial charge in [0.05, 0.1) is 6.61 Å². The van der Waals surface area contributed by atoms with Gasteiger partial charge in [-0.05, 0) is 19.4 Å². The molecule has 0 aromatic heterocycles. The lowest BCUT2D eigenvalue weighted by molar-refractivity contribution is 0.339. The van der Waals surface area contributed by atoms with Crippen LogP contribution in [0.3, 0.4) is 0 Å². The van der Waals surface area contributed by atoms with Crippen LogP contribution in [0.5, 0.6) is 5.75 Å². The van der Waals surface area contributed by atoms with Crippen LogP contribution in [-0.4, -0.2) is 13.2 Å². The molecule has 0 spiro atoms. The molecule has 2 N–H and O–H groups in total. The maximum Gasteiger partial charge on any atom is 0.126 e. The smallest absolute Gasteiger partial charge is 0.126 e. The second-order valence-corrected chi connectivity index (χ2v) is 3.33. The Morgan fingerprint density at radius 3 is 2.67 bits per heavy atom. The zero-order chi connectivity index (χ0) is 11.1. The molecule has 1 aromatic carbocycles. The van der Waals surface area contributed by atoms with Crippen molar-refractivity contribution in [2.45, 2.75) is 20.3 Å². The van der Waals surface area contributed by atoms with Crippen LogP contribution in [0.1, 0.15) is 25.8 Å². The zero-order valence-electron chi connectivity index (χ0n) is 9.49. The molecule has 0 aliphatic rings. The topological polar surface area (TPSA) is 35.2 Å². The Morgan fingerprint density at radius 2 is 2.07 bits per heavy atom. The second kappa shape index (κ2) is 6.25. The molecule has 0 atom stereocenters. The molecule has 2 nitrogen and oxygen atoms in total. The summed E-state index contributed by atoms with van der Waals surface area (Å²) < 4.78 is 5.54. The van der Waals surface area contributed by atoms with Crippen molar-refractivity contribution in [1.82, 2.24) is 0 Å². The van der Waals surface area contributed by atoms with Crippen LogP contribution in [-0.2, 0) is 0 Å². The summed E-state index contributed by atoms with van der Waals surface area (Å²) in [5.74, 6) is 0.930. The zero-order valence-corrected chi connectivity index (χ0v) is 9.49. The predicted molar refractivity (Wildman–Crippen MR) is 64.9 cm³/mol. The number of hydrogen-bond donors (Lipinski definition) is 1. The van der Waals surface area contributed by atoms with E-state index in [4.69, 9.17) is 10.5 Å². The van der Waals surface area contributed by atoms with E-state index in [0.29, 0.717) is 13.2 Å². The van der Waals surface area contributed by atoms with Gasteiger partial charge in [0.1, 0.15) is 5.75 Å². The first-order chi connectivity index (χ1) is 7.31. The Labute approximate surface area is 91.7 Å². The minimum Gasteiger partial charge on any atom is -0.493 e. The summed E-state index contributed by atoms with van der Waals surface area (Å²) in [5.41, 5.74) is 8.00. The van der Waals surface area contributed by atoms with Crippen LogP contribution in [0.15, 0.2) is 29.8 Å². The largest absolute Gasteiger partial charge is 0.493 e. The molecule has 0 aliphatic carbocycles. The number of ether oxygens (including phenoxy) is 1. The summed E-state index contributed by atoms with van der Waals surface area (Å²) in [6.07, 6.45) is 3.10. The molecule has 0 unspecified atom stereocenters. The summed E-state index contributed by atoms with van der Waals surface area (Å²) in [6.45, 7) is 5.40. The van der Waals surface area contributed by atoms with Crippen LogP contribution < -0.4 is 10.5 Å². The third-order valence-corrected chi connectivity index (χ3v) is 2.29. The molecule has 0 bridgehead atoms. The van der Waals surface area contributed by atoms with Crippen LogP contribution >= 0.6 is 0 Å². The van der Waals surface area contributed by atoms with Gasteiger partial charge in [0.25, 0.3) is 0 Å². The van der Waals surface area contributed by atoms with E-state index in [-0.39, 0.29) is 0 Å². The molecule has 82 valence electrons. The lowest BCUT2D eigenvalue weighted by Crippen LogP contribution is -2.02. The third-order valence-electron chi connectivity index (χ3n) is 2.29. The monoisotopic (exact) mass is 205 g/mol. The maximum atomic E-state index is 5.65. The molecule has 0 heterocycles. The molecular weight excluding hydrogens is 186 g/mol. The van der Waals surface area contributed by atoms with Gasteiger partial charge in [0, 0.05) is 12.1 Å². The van der Waals surface area contributed by atoms with Crippen molar-refractivity contribution in [2.75, 3.05) is 13.2 Å². The first-order valence-corrected chi connectivity index (χ1v) is 5.43. The molecule has 2 heteroatoms. The van der Waals surface area contributed by atoms with Crippen LogP contribution in [0.25, 0.3) is 6.08 Å². The first-order valence-electron chi connectivity index (χ1n) is 5.43. The van der Waals surface area contributed by atoms with Gasteiger partial charge in [-0.25, -0.2) is 0 Å². The quantitative estimate of drug-likeness (QED) is 0.802. The Bertz CT molecular complexity index is 325. The van der Waals surface area contributed by atoms with E-state index < -0.39 is 0 Å². The average Bonchev–Trinajstić information content (AvgIpc) is 2.28. The van der Waals surface area contributed by atoms with Crippen LogP contribution in [0.4, 0.5) is 0 Å². The lowest BCUT2D eigenvalue weighted by Gasteiger charge is -2.08. The maximum absolute atomic E-state index is 5.65. The van der Waals surface area contributed by atoms with Gasteiger partial charge in [-0.2, -0.15) is 0 Å². The number of para-hydroxylation sites is 1. The lowest BCUT2D eigenvalue weighted by atomic mass is 10.1. The minimum absolute atomic E-state index is 0.608. The van der Waals surface area contributed by atoms with E-state index in [2.05, 4.69) is 19.1 Å². The van der Waals surface area contributed by atoms with E-state index in [0.717, 1.165) is 17.7 Å². The van der Waals surface area contributed by atoms with Crippen molar-refractivity contribution in [3.63, 3.8) is 0 Å². The molecule has 0 saturated heterocycles. The molecule has 1 rings (SSSR count). The molecule has 1 aromatic rings. The van der Waals surface area contributed by atoms with Gasteiger partial charge < -0.3 is 10.5 Å². The van der Waals surface area contributed by atoms with Crippen molar-refractivity contribution < 1.29 is 4.74 Å². The van der Waals surface area contributed by atoms with Gasteiger partial charge in [-0.3, -0.25) is 0 Å². The number of nitrogens with two attached hydrogens (primary N) is 1. The Kier molecular flexibility index (Phi) is 4.91. The summed E-state index contributed by atoms with van der Waals surface area (Å²) in [7, 11) is 0. The predicted octanol–water partition coefficient (Wildman–Crippen LogP) is 2.84. The summed E-state index contributed by atoms with van der Waals surface area (Å²) >= 11 is 0. The molecule has 15 heavy (non-hydrogen) atoms. The molecule has 0 amide bonds. The highest BCUT2D eigenvalue weighted by atomic mass is 16.5. The normalized spacial score (nSPS) is 11.5. The number of hydrogen-bond acceptors (Lipinski definition) is 2. The van der Waals surface area contributed by atoms with Gasteiger partial charge in [0.2, 0.25) is 0 Å². The molecule has 0 aliphatic heterocycles. The fourth-order valence-corrected chi connectivity index (χ4v) is 1.41. The van der Waals surface area contributed by atoms with E-state index in [1.54, 1.807) is 0 Å². The summed E-state index contributed by atoms with van der Waals surface area (Å²) in [4.78, 5) is 0. The summed E-state index contributed by atoms with van der Waals surface area (Å²) in [5, 5.41) is 0. The van der Waals surface area contributed by atoms with Crippen LogP contribution in [0, 0.1) is 0 Å². The van der Waals surface area contributed by atoms with Crippen molar-refractivity contribution in [3.8, 4) is 5.75 Å². The van der Waals surface area contributed by atoms with Crippen molar-refractivity contribution >= 4 is 6.08 Å². The molecule has 0 fully saturated rings. The Hall–Kier alpha value is -1.28. The van der Waals surface area contributed by atoms with E-state index in [1.807, 2.05) is 25.1 Å². The minimum atomic E-state index is 0.608. The fourth-order valence-electron chi connectivity index (χ4n) is 1.41. The van der Waals surface area contributed by atoms with Crippen LogP contribution in [0.2, 0.25) is 0 Å². The van der Waals surface area contributed by atoms with Gasteiger partial charge in [-0.15, -0.1) is 0 Å². The summed E-state index contributed by atoms with van der Waals surface area (Å²) in [6, 6.07) is 8.03. The van der Waals surface area contributed by atoms with E-state index in [1.165, 1.54) is 5.57 Å². The van der Waals surface area contributed by atoms with Gasteiger partial charge in [0.15, 0.2) is 0 Å². The highest BCUT2D eigenvalue weighted by Crippen LogP contribution is 2.21. The van der Waals surface area contributed by atoms with Crippen molar-refractivity contribution in [2.24, 2.45) is 5.73 Å². The SMILES string of the molecule is CCOc1ccccc1C=C(CC)CN. The highest BCUT2D eigenvalue weighted by Gasteiger charge is 2.00. The number of rotatable bonds is 5. The first kappa shape index (κ1) is 11.8. The van der Waals surface area contributed by atoms with Gasteiger partial charge >= 0.3 is 0 Å². The average molecular weight is 205 g/mol. The highest BCUT2D eigenvalue weighted by molar-refractivity contribution is 5.59. The third kappa shape index (κ3) is 3.40. The Balaban J connectivity index is 2.96. The Morgan fingerprint density at radius 1 is 1.33 bits per heavy atom. The molecular formula is C13H19NO. The second-order valence-electron chi connectivity index (χ2n) is 3.33. The van der Waals surface area contributed by atoms with E-state index in [9.17, 15) is 0 Å².